The van der Waals surface area contributed by atoms with Gasteiger partial charge in [0.2, 0.25) is 0 Å². The van der Waals surface area contributed by atoms with Crippen molar-refractivity contribution in [3.8, 4) is 6.07 Å². The van der Waals surface area contributed by atoms with Crippen molar-refractivity contribution in [2.45, 2.75) is 0 Å². The SMILES string of the molecule is COCCNc1ccc(C(=O)OCC#N)cc1[N+](=O)[O-]. The fourth-order valence-corrected chi connectivity index (χ4v) is 1.43. The lowest BCUT2D eigenvalue weighted by atomic mass is 10.1. The molecule has 0 aliphatic rings. The number of rotatable bonds is 7. The van der Waals surface area contributed by atoms with E-state index in [0.717, 1.165) is 6.07 Å². The highest BCUT2D eigenvalue weighted by Gasteiger charge is 2.18. The minimum absolute atomic E-state index is 0.0178. The number of nitro groups is 1. The fraction of sp³-hybridized carbons (Fsp3) is 0.333. The summed E-state index contributed by atoms with van der Waals surface area (Å²) in [6.45, 7) is 0.388. The minimum Gasteiger partial charge on any atom is -0.447 e. The van der Waals surface area contributed by atoms with Crippen molar-refractivity contribution < 1.29 is 19.2 Å². The molecular formula is C12H13N3O5. The zero-order valence-corrected chi connectivity index (χ0v) is 10.8. The van der Waals surface area contributed by atoms with Gasteiger partial charge in [0.25, 0.3) is 5.69 Å². The van der Waals surface area contributed by atoms with Crippen LogP contribution >= 0.6 is 0 Å². The molecule has 0 spiro atoms. The number of methoxy groups -OCH3 is 1. The second kappa shape index (κ2) is 7.70. The lowest BCUT2D eigenvalue weighted by Gasteiger charge is -2.07. The van der Waals surface area contributed by atoms with E-state index in [4.69, 9.17) is 10.00 Å². The summed E-state index contributed by atoms with van der Waals surface area (Å²) in [7, 11) is 1.52. The summed E-state index contributed by atoms with van der Waals surface area (Å²) in [5, 5.41) is 22.1. The topological polar surface area (TPSA) is 114 Å². The first kappa shape index (κ1) is 15.4. The molecule has 0 radical (unpaired) electrons. The Morgan fingerprint density at radius 2 is 2.30 bits per heavy atom. The number of esters is 1. The van der Waals surface area contributed by atoms with E-state index in [1.54, 1.807) is 6.07 Å². The molecule has 20 heavy (non-hydrogen) atoms. The molecule has 0 saturated carbocycles. The number of anilines is 1. The molecule has 0 aromatic heterocycles. The van der Waals surface area contributed by atoms with Crippen molar-refractivity contribution in [1.82, 2.24) is 0 Å². The predicted molar refractivity (Wildman–Crippen MR) is 69.4 cm³/mol. The van der Waals surface area contributed by atoms with E-state index < -0.39 is 17.5 Å². The normalized spacial score (nSPS) is 9.60. The van der Waals surface area contributed by atoms with E-state index in [2.05, 4.69) is 10.1 Å². The highest BCUT2D eigenvalue weighted by Crippen LogP contribution is 2.25. The van der Waals surface area contributed by atoms with Crippen LogP contribution in [-0.4, -0.2) is 37.8 Å². The van der Waals surface area contributed by atoms with Gasteiger partial charge in [0.05, 0.1) is 17.1 Å². The van der Waals surface area contributed by atoms with E-state index in [-0.39, 0.29) is 16.9 Å². The fourth-order valence-electron chi connectivity index (χ4n) is 1.43. The molecule has 0 amide bonds. The van der Waals surface area contributed by atoms with Gasteiger partial charge in [-0.25, -0.2) is 4.79 Å². The molecule has 106 valence electrons. The molecule has 8 heteroatoms. The van der Waals surface area contributed by atoms with Crippen molar-refractivity contribution in [2.24, 2.45) is 0 Å². The lowest BCUT2D eigenvalue weighted by molar-refractivity contribution is -0.384. The van der Waals surface area contributed by atoms with Crippen LogP contribution in [-0.2, 0) is 9.47 Å². The van der Waals surface area contributed by atoms with Gasteiger partial charge in [-0.15, -0.1) is 0 Å². The summed E-state index contributed by atoms with van der Waals surface area (Å²) in [5.74, 6) is -0.780. The van der Waals surface area contributed by atoms with Crippen LogP contribution in [0.3, 0.4) is 0 Å². The molecule has 0 fully saturated rings. The van der Waals surface area contributed by atoms with Gasteiger partial charge in [-0.05, 0) is 12.1 Å². The zero-order chi connectivity index (χ0) is 15.0. The second-order valence-electron chi connectivity index (χ2n) is 3.64. The van der Waals surface area contributed by atoms with Gasteiger partial charge >= 0.3 is 5.97 Å². The summed E-state index contributed by atoms with van der Waals surface area (Å²) in [6, 6.07) is 5.56. The van der Waals surface area contributed by atoms with E-state index in [9.17, 15) is 14.9 Å². The Hall–Kier alpha value is -2.66. The predicted octanol–water partition coefficient (Wildman–Crippen LogP) is 1.33. The number of hydrogen-bond donors (Lipinski definition) is 1. The summed E-state index contributed by atoms with van der Waals surface area (Å²) in [4.78, 5) is 21.9. The summed E-state index contributed by atoms with van der Waals surface area (Å²) >= 11 is 0. The van der Waals surface area contributed by atoms with E-state index in [1.807, 2.05) is 0 Å². The van der Waals surface area contributed by atoms with Gasteiger partial charge in [-0.3, -0.25) is 10.1 Å². The number of nitrogens with zero attached hydrogens (tertiary/aromatic N) is 2. The van der Waals surface area contributed by atoms with Crippen LogP contribution in [0.15, 0.2) is 18.2 Å². The molecule has 0 atom stereocenters. The van der Waals surface area contributed by atoms with Crippen LogP contribution in [0.5, 0.6) is 0 Å². The number of nitriles is 1. The Morgan fingerprint density at radius 3 is 2.90 bits per heavy atom. The van der Waals surface area contributed by atoms with Gasteiger partial charge < -0.3 is 14.8 Å². The Labute approximate surface area is 115 Å². The molecule has 0 heterocycles. The standard InChI is InChI=1S/C12H13N3O5/c1-19-7-5-14-10-3-2-9(8-11(10)15(17)18)12(16)20-6-4-13/h2-3,8,14H,5-7H2,1H3. The van der Waals surface area contributed by atoms with Crippen molar-refractivity contribution in [3.05, 3.63) is 33.9 Å². The Morgan fingerprint density at radius 1 is 1.55 bits per heavy atom. The summed E-state index contributed by atoms with van der Waals surface area (Å²) in [5.41, 5.74) is 0.0561. The maximum absolute atomic E-state index is 11.5. The third kappa shape index (κ3) is 4.22. The molecular weight excluding hydrogens is 266 g/mol. The Kier molecular flexibility index (Phi) is 5.93. The molecule has 0 bridgehead atoms. The van der Waals surface area contributed by atoms with Crippen LogP contribution in [0.2, 0.25) is 0 Å². The third-order valence-electron chi connectivity index (χ3n) is 2.32. The highest BCUT2D eigenvalue weighted by atomic mass is 16.6. The lowest BCUT2D eigenvalue weighted by Crippen LogP contribution is -2.11. The van der Waals surface area contributed by atoms with Gasteiger partial charge in [-0.1, -0.05) is 0 Å². The highest BCUT2D eigenvalue weighted by molar-refractivity contribution is 5.91. The van der Waals surface area contributed by atoms with Crippen molar-refractivity contribution >= 4 is 17.3 Å². The van der Waals surface area contributed by atoms with Gasteiger partial charge in [0.1, 0.15) is 11.8 Å². The van der Waals surface area contributed by atoms with Crippen LogP contribution in [0.4, 0.5) is 11.4 Å². The van der Waals surface area contributed by atoms with Gasteiger partial charge in [-0.2, -0.15) is 5.26 Å². The smallest absolute Gasteiger partial charge is 0.339 e. The molecule has 0 aliphatic carbocycles. The average molecular weight is 279 g/mol. The maximum atomic E-state index is 11.5. The van der Waals surface area contributed by atoms with E-state index >= 15 is 0 Å². The number of hydrogen-bond acceptors (Lipinski definition) is 7. The Bertz CT molecular complexity index is 538. The van der Waals surface area contributed by atoms with Crippen LogP contribution in [0, 0.1) is 21.4 Å². The maximum Gasteiger partial charge on any atom is 0.339 e. The van der Waals surface area contributed by atoms with Crippen molar-refractivity contribution in [2.75, 3.05) is 32.2 Å². The van der Waals surface area contributed by atoms with E-state index in [0.29, 0.717) is 13.2 Å². The quantitative estimate of drug-likeness (QED) is 0.346. The molecule has 8 nitrogen and oxygen atoms in total. The number of nitro benzene ring substituents is 1. The molecule has 1 aromatic carbocycles. The number of benzene rings is 1. The molecule has 1 N–H and O–H groups in total. The zero-order valence-electron chi connectivity index (χ0n) is 10.8. The first-order valence-electron chi connectivity index (χ1n) is 5.65. The number of carbonyl (C=O) groups is 1. The molecule has 1 aromatic rings. The van der Waals surface area contributed by atoms with Crippen LogP contribution in [0.25, 0.3) is 0 Å². The first-order valence-corrected chi connectivity index (χ1v) is 5.65. The third-order valence-corrected chi connectivity index (χ3v) is 2.32. The first-order chi connectivity index (χ1) is 9.60. The number of ether oxygens (including phenoxy) is 2. The van der Waals surface area contributed by atoms with Gasteiger partial charge in [0, 0.05) is 19.7 Å². The summed E-state index contributed by atoms with van der Waals surface area (Å²) < 4.78 is 9.42. The second-order valence-corrected chi connectivity index (χ2v) is 3.64. The molecule has 1 rings (SSSR count). The summed E-state index contributed by atoms with van der Waals surface area (Å²) in [6.07, 6.45) is 0. The molecule has 0 saturated heterocycles. The largest absolute Gasteiger partial charge is 0.447 e. The Balaban J connectivity index is 2.92. The number of carbonyl (C=O) groups excluding carboxylic acids is 1. The monoisotopic (exact) mass is 279 g/mol. The molecule has 0 unspecified atom stereocenters. The molecule has 0 aliphatic heterocycles. The van der Waals surface area contributed by atoms with Crippen molar-refractivity contribution in [3.63, 3.8) is 0 Å². The van der Waals surface area contributed by atoms with Crippen LogP contribution < -0.4 is 5.32 Å². The van der Waals surface area contributed by atoms with Crippen LogP contribution in [0.1, 0.15) is 10.4 Å². The minimum atomic E-state index is -0.780. The van der Waals surface area contributed by atoms with E-state index in [1.165, 1.54) is 19.2 Å². The van der Waals surface area contributed by atoms with Gasteiger partial charge in [0.15, 0.2) is 6.61 Å². The number of nitrogens with one attached hydrogen (secondary N) is 1. The average Bonchev–Trinajstić information content (AvgIpc) is 2.45. The van der Waals surface area contributed by atoms with Crippen molar-refractivity contribution in [1.29, 1.82) is 5.26 Å².